The SMILES string of the molecule is CCOC(=O)C1(c2cccc(Br)c2)CCNC1. The van der Waals surface area contributed by atoms with E-state index in [1.165, 1.54) is 0 Å². The average molecular weight is 298 g/mol. The molecule has 1 unspecified atom stereocenters. The van der Waals surface area contributed by atoms with E-state index in [-0.39, 0.29) is 5.97 Å². The number of benzene rings is 1. The van der Waals surface area contributed by atoms with Crippen molar-refractivity contribution in [3.8, 4) is 0 Å². The molecule has 92 valence electrons. The first-order valence-electron chi connectivity index (χ1n) is 5.83. The van der Waals surface area contributed by atoms with Gasteiger partial charge in [-0.2, -0.15) is 0 Å². The Morgan fingerprint density at radius 2 is 2.41 bits per heavy atom. The van der Waals surface area contributed by atoms with Crippen LogP contribution in [0.3, 0.4) is 0 Å². The molecule has 1 heterocycles. The van der Waals surface area contributed by atoms with E-state index >= 15 is 0 Å². The zero-order chi connectivity index (χ0) is 12.3. The van der Waals surface area contributed by atoms with Gasteiger partial charge in [-0.25, -0.2) is 0 Å². The molecule has 2 rings (SSSR count). The second kappa shape index (κ2) is 5.19. The summed E-state index contributed by atoms with van der Waals surface area (Å²) in [6.07, 6.45) is 0.794. The number of carbonyl (C=O) groups is 1. The molecule has 0 radical (unpaired) electrons. The molecule has 1 fully saturated rings. The van der Waals surface area contributed by atoms with E-state index < -0.39 is 5.41 Å². The first kappa shape index (κ1) is 12.6. The lowest BCUT2D eigenvalue weighted by molar-refractivity contribution is -0.149. The van der Waals surface area contributed by atoms with Crippen molar-refractivity contribution in [3.05, 3.63) is 34.3 Å². The molecular weight excluding hydrogens is 282 g/mol. The van der Waals surface area contributed by atoms with Crippen LogP contribution in [0.2, 0.25) is 0 Å². The van der Waals surface area contributed by atoms with Crippen molar-refractivity contribution in [1.29, 1.82) is 0 Å². The maximum atomic E-state index is 12.2. The minimum atomic E-state index is -0.514. The van der Waals surface area contributed by atoms with Gasteiger partial charge in [0.05, 0.1) is 6.61 Å². The van der Waals surface area contributed by atoms with Crippen LogP contribution < -0.4 is 5.32 Å². The molecule has 0 spiro atoms. The van der Waals surface area contributed by atoms with Crippen LogP contribution in [0.4, 0.5) is 0 Å². The van der Waals surface area contributed by atoms with Gasteiger partial charge < -0.3 is 10.1 Å². The molecule has 0 bridgehead atoms. The summed E-state index contributed by atoms with van der Waals surface area (Å²) in [5, 5.41) is 3.25. The number of nitrogens with one attached hydrogen (secondary N) is 1. The number of rotatable bonds is 3. The fourth-order valence-corrected chi connectivity index (χ4v) is 2.69. The smallest absolute Gasteiger partial charge is 0.317 e. The Hall–Kier alpha value is -0.870. The number of hydrogen-bond acceptors (Lipinski definition) is 3. The van der Waals surface area contributed by atoms with Crippen molar-refractivity contribution >= 4 is 21.9 Å². The van der Waals surface area contributed by atoms with Crippen molar-refractivity contribution in [2.75, 3.05) is 19.7 Å². The largest absolute Gasteiger partial charge is 0.465 e. The highest BCUT2D eigenvalue weighted by molar-refractivity contribution is 9.10. The molecular formula is C13H16BrNO2. The Kier molecular flexibility index (Phi) is 3.84. The molecule has 1 aliphatic heterocycles. The summed E-state index contributed by atoms with van der Waals surface area (Å²) in [7, 11) is 0. The van der Waals surface area contributed by atoms with Crippen LogP contribution in [-0.4, -0.2) is 25.7 Å². The molecule has 1 aromatic carbocycles. The summed E-state index contributed by atoms with van der Waals surface area (Å²) >= 11 is 3.45. The van der Waals surface area contributed by atoms with Crippen LogP contribution in [0.15, 0.2) is 28.7 Å². The maximum absolute atomic E-state index is 12.2. The standard InChI is InChI=1S/C13H16BrNO2/c1-2-17-12(16)13(6-7-15-9-13)10-4-3-5-11(14)8-10/h3-5,8,15H,2,6-7,9H2,1H3. The summed E-state index contributed by atoms with van der Waals surface area (Å²) in [6.45, 7) is 3.77. The third kappa shape index (κ3) is 2.38. The Morgan fingerprint density at radius 1 is 1.59 bits per heavy atom. The summed E-state index contributed by atoms with van der Waals surface area (Å²) < 4.78 is 6.22. The Morgan fingerprint density at radius 3 is 3.00 bits per heavy atom. The summed E-state index contributed by atoms with van der Waals surface area (Å²) in [5.74, 6) is -0.122. The fraction of sp³-hybridized carbons (Fsp3) is 0.462. The topological polar surface area (TPSA) is 38.3 Å². The van der Waals surface area contributed by atoms with Crippen LogP contribution in [0.25, 0.3) is 0 Å². The zero-order valence-electron chi connectivity index (χ0n) is 9.83. The number of esters is 1. The lowest BCUT2D eigenvalue weighted by Crippen LogP contribution is -2.39. The van der Waals surface area contributed by atoms with Gasteiger partial charge in [0, 0.05) is 11.0 Å². The van der Waals surface area contributed by atoms with Gasteiger partial charge in [0.1, 0.15) is 5.41 Å². The van der Waals surface area contributed by atoms with E-state index in [9.17, 15) is 4.79 Å². The molecule has 0 saturated carbocycles. The van der Waals surface area contributed by atoms with Gasteiger partial charge >= 0.3 is 5.97 Å². The maximum Gasteiger partial charge on any atom is 0.317 e. The molecule has 1 N–H and O–H groups in total. The summed E-state index contributed by atoms with van der Waals surface area (Å²) in [5.41, 5.74) is 0.509. The van der Waals surface area contributed by atoms with E-state index in [0.717, 1.165) is 23.0 Å². The second-order valence-corrected chi connectivity index (χ2v) is 5.16. The Labute approximate surface area is 110 Å². The molecule has 0 amide bonds. The van der Waals surface area contributed by atoms with E-state index in [2.05, 4.69) is 21.2 Å². The quantitative estimate of drug-likeness (QED) is 0.870. The highest BCUT2D eigenvalue weighted by Crippen LogP contribution is 2.33. The molecule has 1 saturated heterocycles. The lowest BCUT2D eigenvalue weighted by atomic mass is 9.80. The number of ether oxygens (including phenoxy) is 1. The molecule has 3 nitrogen and oxygen atoms in total. The average Bonchev–Trinajstić information content (AvgIpc) is 2.79. The number of carbonyl (C=O) groups excluding carboxylic acids is 1. The van der Waals surface area contributed by atoms with Crippen LogP contribution in [0, 0.1) is 0 Å². The Bertz CT molecular complexity index is 414. The molecule has 0 aliphatic carbocycles. The summed E-state index contributed by atoms with van der Waals surface area (Å²) in [4.78, 5) is 12.2. The number of hydrogen-bond donors (Lipinski definition) is 1. The normalized spacial score (nSPS) is 23.6. The number of halogens is 1. The fourth-order valence-electron chi connectivity index (χ4n) is 2.29. The van der Waals surface area contributed by atoms with Crippen molar-refractivity contribution in [2.24, 2.45) is 0 Å². The van der Waals surface area contributed by atoms with E-state index in [4.69, 9.17) is 4.74 Å². The van der Waals surface area contributed by atoms with E-state index in [1.54, 1.807) is 0 Å². The third-order valence-corrected chi connectivity index (χ3v) is 3.69. The molecule has 0 aromatic heterocycles. The van der Waals surface area contributed by atoms with Crippen molar-refractivity contribution in [2.45, 2.75) is 18.8 Å². The van der Waals surface area contributed by atoms with E-state index in [0.29, 0.717) is 13.2 Å². The molecule has 1 aliphatic rings. The van der Waals surface area contributed by atoms with Gasteiger partial charge in [-0.05, 0) is 37.6 Å². The van der Waals surface area contributed by atoms with Gasteiger partial charge in [-0.15, -0.1) is 0 Å². The predicted molar refractivity (Wildman–Crippen MR) is 69.9 cm³/mol. The van der Waals surface area contributed by atoms with Crippen LogP contribution in [0.5, 0.6) is 0 Å². The molecule has 1 atom stereocenters. The van der Waals surface area contributed by atoms with Crippen molar-refractivity contribution in [3.63, 3.8) is 0 Å². The lowest BCUT2D eigenvalue weighted by Gasteiger charge is -2.26. The third-order valence-electron chi connectivity index (χ3n) is 3.20. The van der Waals surface area contributed by atoms with Crippen LogP contribution in [-0.2, 0) is 14.9 Å². The minimum absolute atomic E-state index is 0.122. The van der Waals surface area contributed by atoms with Crippen LogP contribution in [0.1, 0.15) is 18.9 Å². The van der Waals surface area contributed by atoms with Gasteiger partial charge in [-0.1, -0.05) is 28.1 Å². The minimum Gasteiger partial charge on any atom is -0.465 e. The van der Waals surface area contributed by atoms with Gasteiger partial charge in [0.2, 0.25) is 0 Å². The van der Waals surface area contributed by atoms with Crippen molar-refractivity contribution < 1.29 is 9.53 Å². The highest BCUT2D eigenvalue weighted by atomic mass is 79.9. The van der Waals surface area contributed by atoms with Gasteiger partial charge in [-0.3, -0.25) is 4.79 Å². The zero-order valence-corrected chi connectivity index (χ0v) is 11.4. The summed E-state index contributed by atoms with van der Waals surface area (Å²) in [6, 6.07) is 7.92. The second-order valence-electron chi connectivity index (χ2n) is 4.24. The first-order valence-corrected chi connectivity index (χ1v) is 6.62. The monoisotopic (exact) mass is 297 g/mol. The van der Waals surface area contributed by atoms with E-state index in [1.807, 2.05) is 31.2 Å². The van der Waals surface area contributed by atoms with Crippen LogP contribution >= 0.6 is 15.9 Å². The predicted octanol–water partition coefficient (Wildman–Crippen LogP) is 2.24. The van der Waals surface area contributed by atoms with Gasteiger partial charge in [0.15, 0.2) is 0 Å². The molecule has 1 aromatic rings. The first-order chi connectivity index (χ1) is 8.19. The van der Waals surface area contributed by atoms with Gasteiger partial charge in [0.25, 0.3) is 0 Å². The Balaban J connectivity index is 2.37. The molecule has 4 heteroatoms. The molecule has 17 heavy (non-hydrogen) atoms. The van der Waals surface area contributed by atoms with Crippen molar-refractivity contribution in [1.82, 2.24) is 5.32 Å². The highest BCUT2D eigenvalue weighted by Gasteiger charge is 2.44.